The first kappa shape index (κ1) is 33.1. The number of ether oxygens (including phenoxy) is 3. The molecule has 0 amide bonds. The summed E-state index contributed by atoms with van der Waals surface area (Å²) in [5.41, 5.74) is 0. The zero-order chi connectivity index (χ0) is 25.1. The number of hydrogen-bond acceptors (Lipinski definition) is 5. The highest BCUT2D eigenvalue weighted by molar-refractivity contribution is 5.68. The van der Waals surface area contributed by atoms with Crippen LogP contribution in [0.4, 0.5) is 0 Å². The number of methoxy groups -OCH3 is 1. The Bertz CT molecular complexity index is 453. The first-order valence-electron chi connectivity index (χ1n) is 14.2. The molecule has 0 fully saturated rings. The Morgan fingerprint density at radius 2 is 1.18 bits per heavy atom. The van der Waals surface area contributed by atoms with Crippen LogP contribution in [0.25, 0.3) is 0 Å². The molecule has 0 heterocycles. The predicted octanol–water partition coefficient (Wildman–Crippen LogP) is 7.33. The number of carbonyl (C=O) groups is 1. The zero-order valence-electron chi connectivity index (χ0n) is 23.2. The van der Waals surface area contributed by atoms with Gasteiger partial charge in [-0.1, -0.05) is 76.9 Å². The van der Waals surface area contributed by atoms with Crippen LogP contribution in [-0.2, 0) is 19.0 Å². The van der Waals surface area contributed by atoms with E-state index in [1.165, 1.54) is 90.6 Å². The molecule has 0 saturated heterocycles. The van der Waals surface area contributed by atoms with Crippen molar-refractivity contribution in [3.8, 4) is 0 Å². The first-order chi connectivity index (χ1) is 16.6. The molecule has 0 aliphatic heterocycles. The van der Waals surface area contributed by atoms with E-state index in [-0.39, 0.29) is 12.0 Å². The molecular formula is C29H57NO4. The largest absolute Gasteiger partial charge is 0.469 e. The van der Waals surface area contributed by atoms with Gasteiger partial charge >= 0.3 is 5.97 Å². The van der Waals surface area contributed by atoms with Gasteiger partial charge in [-0.15, -0.1) is 0 Å². The molecule has 5 nitrogen and oxygen atoms in total. The van der Waals surface area contributed by atoms with Gasteiger partial charge in [0.1, 0.15) is 0 Å². The van der Waals surface area contributed by atoms with E-state index in [4.69, 9.17) is 9.47 Å². The van der Waals surface area contributed by atoms with E-state index in [9.17, 15) is 4.79 Å². The molecule has 0 bridgehead atoms. The molecule has 0 rings (SSSR count). The summed E-state index contributed by atoms with van der Waals surface area (Å²) in [4.78, 5) is 13.3. The van der Waals surface area contributed by atoms with Crippen LogP contribution < -0.4 is 0 Å². The van der Waals surface area contributed by atoms with Crippen molar-refractivity contribution in [1.82, 2.24) is 4.90 Å². The Morgan fingerprint density at radius 3 is 1.68 bits per heavy atom. The van der Waals surface area contributed by atoms with E-state index in [2.05, 4.69) is 42.8 Å². The van der Waals surface area contributed by atoms with Gasteiger partial charge in [-0.3, -0.25) is 4.79 Å². The molecule has 5 heteroatoms. The smallest absolute Gasteiger partial charge is 0.305 e. The fraction of sp³-hybridized carbons (Fsp3) is 0.897. The summed E-state index contributed by atoms with van der Waals surface area (Å²) in [6.45, 7) is 5.17. The molecule has 202 valence electrons. The third-order valence-electron chi connectivity index (χ3n) is 6.30. The van der Waals surface area contributed by atoms with Crippen LogP contribution in [0.3, 0.4) is 0 Å². The molecule has 0 radical (unpaired) electrons. The lowest BCUT2D eigenvalue weighted by atomic mass is 10.1. The second-order valence-electron chi connectivity index (χ2n) is 9.74. The van der Waals surface area contributed by atoms with Gasteiger partial charge in [0, 0.05) is 19.6 Å². The van der Waals surface area contributed by atoms with Gasteiger partial charge in [0.25, 0.3) is 0 Å². The Labute approximate surface area is 212 Å². The molecule has 0 aliphatic carbocycles. The van der Waals surface area contributed by atoms with E-state index in [1.807, 2.05) is 0 Å². The number of nitrogens with zero attached hydrogens (tertiary/aromatic N) is 1. The highest BCUT2D eigenvalue weighted by Crippen LogP contribution is 2.10. The number of hydrogen-bond donors (Lipinski definition) is 0. The summed E-state index contributed by atoms with van der Waals surface area (Å²) >= 11 is 0. The third kappa shape index (κ3) is 24.2. The average molecular weight is 484 g/mol. The van der Waals surface area contributed by atoms with E-state index < -0.39 is 0 Å². The van der Waals surface area contributed by atoms with Gasteiger partial charge in [0.05, 0.1) is 26.4 Å². The number of rotatable bonds is 26. The van der Waals surface area contributed by atoms with E-state index in [0.717, 1.165) is 25.9 Å². The fourth-order valence-electron chi connectivity index (χ4n) is 3.81. The van der Waals surface area contributed by atoms with E-state index >= 15 is 0 Å². The van der Waals surface area contributed by atoms with Crippen LogP contribution in [0.15, 0.2) is 12.2 Å². The molecular weight excluding hydrogens is 426 g/mol. The van der Waals surface area contributed by atoms with E-state index in [0.29, 0.717) is 26.2 Å². The minimum Gasteiger partial charge on any atom is -0.469 e. The molecule has 1 unspecified atom stereocenters. The third-order valence-corrected chi connectivity index (χ3v) is 6.30. The first-order valence-corrected chi connectivity index (χ1v) is 14.2. The van der Waals surface area contributed by atoms with Gasteiger partial charge in [0.2, 0.25) is 0 Å². The number of esters is 1. The molecule has 34 heavy (non-hydrogen) atoms. The molecule has 0 N–H and O–H groups in total. The Balaban J connectivity index is 3.44. The van der Waals surface area contributed by atoms with Crippen molar-refractivity contribution in [2.24, 2.45) is 0 Å². The average Bonchev–Trinajstić information content (AvgIpc) is 2.83. The van der Waals surface area contributed by atoms with Crippen molar-refractivity contribution < 1.29 is 19.0 Å². The lowest BCUT2D eigenvalue weighted by molar-refractivity contribution is -0.140. The van der Waals surface area contributed by atoms with Crippen LogP contribution in [-0.4, -0.2) is 64.5 Å². The monoisotopic (exact) mass is 483 g/mol. The lowest BCUT2D eigenvalue weighted by Crippen LogP contribution is -2.37. The van der Waals surface area contributed by atoms with Crippen LogP contribution in [0, 0.1) is 0 Å². The summed E-state index contributed by atoms with van der Waals surface area (Å²) in [6.07, 6.45) is 25.5. The Kier molecular flexibility index (Phi) is 26.0. The standard InChI is InChI=1S/C29H57NO4/c1-5-6-7-8-9-10-11-12-13-14-15-16-17-18-19-21-24-33-26-28(30(2)3)27-34-25-22-20-23-29(31)32-4/h12-13,28H,5-11,14-27H2,1-4H3. The summed E-state index contributed by atoms with van der Waals surface area (Å²) < 4.78 is 16.3. The van der Waals surface area contributed by atoms with Crippen molar-refractivity contribution >= 4 is 5.97 Å². The zero-order valence-corrected chi connectivity index (χ0v) is 23.2. The van der Waals surface area contributed by atoms with E-state index in [1.54, 1.807) is 0 Å². The van der Waals surface area contributed by atoms with Crippen LogP contribution in [0.2, 0.25) is 0 Å². The summed E-state index contributed by atoms with van der Waals surface area (Å²) in [7, 11) is 5.56. The second-order valence-corrected chi connectivity index (χ2v) is 9.74. The van der Waals surface area contributed by atoms with Crippen molar-refractivity contribution in [3.05, 3.63) is 12.2 Å². The van der Waals surface area contributed by atoms with Crippen molar-refractivity contribution in [3.63, 3.8) is 0 Å². The molecule has 1 atom stereocenters. The number of unbranched alkanes of at least 4 members (excludes halogenated alkanes) is 13. The molecule has 0 saturated carbocycles. The molecule has 0 aromatic rings. The molecule has 0 aliphatic rings. The highest BCUT2D eigenvalue weighted by Gasteiger charge is 2.12. The highest BCUT2D eigenvalue weighted by atomic mass is 16.5. The maximum absolute atomic E-state index is 11.1. The van der Waals surface area contributed by atoms with Crippen LogP contribution in [0.5, 0.6) is 0 Å². The minimum absolute atomic E-state index is 0.147. The van der Waals surface area contributed by atoms with Gasteiger partial charge in [0.15, 0.2) is 0 Å². The van der Waals surface area contributed by atoms with Gasteiger partial charge in [-0.05, 0) is 59.0 Å². The Morgan fingerprint density at radius 1 is 0.706 bits per heavy atom. The number of allylic oxidation sites excluding steroid dienone is 2. The molecule has 0 aromatic carbocycles. The minimum atomic E-state index is -0.147. The quantitative estimate of drug-likeness (QED) is 0.0732. The molecule has 0 aromatic heterocycles. The predicted molar refractivity (Wildman–Crippen MR) is 144 cm³/mol. The summed E-state index contributed by atoms with van der Waals surface area (Å²) in [5, 5.41) is 0. The Hall–Kier alpha value is -0.910. The van der Waals surface area contributed by atoms with Gasteiger partial charge in [-0.25, -0.2) is 0 Å². The van der Waals surface area contributed by atoms with Crippen molar-refractivity contribution in [2.75, 3.05) is 47.6 Å². The normalized spacial score (nSPS) is 12.6. The van der Waals surface area contributed by atoms with Crippen LogP contribution in [0.1, 0.15) is 116 Å². The summed E-state index contributed by atoms with van der Waals surface area (Å²) in [6, 6.07) is 0.273. The van der Waals surface area contributed by atoms with Gasteiger partial charge in [-0.2, -0.15) is 0 Å². The summed E-state index contributed by atoms with van der Waals surface area (Å²) in [5.74, 6) is -0.147. The second kappa shape index (κ2) is 26.7. The maximum atomic E-state index is 11.1. The SMILES string of the molecule is CCCCCCCCC=CCCCCCCCCOCC(COCCCCC(=O)OC)N(C)C. The van der Waals surface area contributed by atoms with Crippen LogP contribution >= 0.6 is 0 Å². The lowest BCUT2D eigenvalue weighted by Gasteiger charge is -2.24. The fourth-order valence-corrected chi connectivity index (χ4v) is 3.81. The van der Waals surface area contributed by atoms with Crippen molar-refractivity contribution in [1.29, 1.82) is 0 Å². The van der Waals surface area contributed by atoms with Gasteiger partial charge < -0.3 is 19.1 Å². The number of likely N-dealkylation sites (N-methyl/N-ethyl adjacent to an activating group) is 1. The number of carbonyl (C=O) groups excluding carboxylic acids is 1. The van der Waals surface area contributed by atoms with Crippen molar-refractivity contribution in [2.45, 2.75) is 122 Å². The molecule has 0 spiro atoms. The maximum Gasteiger partial charge on any atom is 0.305 e. The topological polar surface area (TPSA) is 48.0 Å².